The van der Waals surface area contributed by atoms with Crippen molar-refractivity contribution in [1.29, 1.82) is 0 Å². The number of nitro groups is 1. The van der Waals surface area contributed by atoms with Crippen LogP contribution in [0, 0.1) is 22.0 Å². The van der Waals surface area contributed by atoms with Gasteiger partial charge in [-0.25, -0.2) is 0 Å². The molecule has 138 valence electrons. The highest BCUT2D eigenvalue weighted by Gasteiger charge is 2.43. The number of rotatable bonds is 4. The lowest BCUT2D eigenvalue weighted by Crippen LogP contribution is -2.33. The van der Waals surface area contributed by atoms with Crippen LogP contribution >= 0.6 is 12.4 Å². The topological polar surface area (TPSA) is 98.7 Å². The summed E-state index contributed by atoms with van der Waals surface area (Å²) < 4.78 is 29.4. The first-order valence-corrected chi connectivity index (χ1v) is 7.65. The minimum atomic E-state index is -3.12. The number of likely N-dealkylation sites (tertiary alicyclic amines) is 1. The summed E-state index contributed by atoms with van der Waals surface area (Å²) in [5.74, 6) is -0.424. The van der Waals surface area contributed by atoms with Crippen molar-refractivity contribution < 1.29 is 23.2 Å². The Labute approximate surface area is 148 Å². The van der Waals surface area contributed by atoms with Gasteiger partial charge in [0.25, 0.3) is 11.6 Å². The second-order valence-corrected chi connectivity index (χ2v) is 6.19. The Morgan fingerprint density at radius 2 is 2.08 bits per heavy atom. The molecule has 0 spiro atoms. The highest BCUT2D eigenvalue weighted by atomic mass is 35.5. The Morgan fingerprint density at radius 3 is 2.68 bits per heavy atom. The van der Waals surface area contributed by atoms with Gasteiger partial charge in [-0.2, -0.15) is 8.78 Å². The summed E-state index contributed by atoms with van der Waals surface area (Å²) in [4.78, 5) is 24.4. The van der Waals surface area contributed by atoms with Gasteiger partial charge in [0.2, 0.25) is 0 Å². The number of hydrogen-bond acceptors (Lipinski definition) is 5. The second kappa shape index (κ2) is 7.49. The number of fused-ring (bicyclic) bond motifs is 1. The molecule has 10 heteroatoms. The van der Waals surface area contributed by atoms with Gasteiger partial charge in [0.05, 0.1) is 10.5 Å². The van der Waals surface area contributed by atoms with E-state index in [0.29, 0.717) is 19.0 Å². The lowest BCUT2D eigenvalue weighted by Gasteiger charge is -2.20. The van der Waals surface area contributed by atoms with E-state index < -0.39 is 17.4 Å². The van der Waals surface area contributed by atoms with E-state index in [0.717, 1.165) is 31.0 Å². The Bertz CT molecular complexity index is 676. The molecule has 1 aromatic carbocycles. The third-order valence-corrected chi connectivity index (χ3v) is 4.82. The SMILES string of the molecule is Cl.NC1CCC2CN(C(=O)c3cc([N+](=O)[O-])ccc3OC(F)F)CC12. The summed E-state index contributed by atoms with van der Waals surface area (Å²) in [5, 5.41) is 10.9. The Balaban J connectivity index is 0.00000225. The van der Waals surface area contributed by atoms with Crippen LogP contribution < -0.4 is 10.5 Å². The second-order valence-electron chi connectivity index (χ2n) is 6.19. The highest BCUT2D eigenvalue weighted by molar-refractivity contribution is 5.97. The van der Waals surface area contributed by atoms with Crippen LogP contribution in [0.4, 0.5) is 14.5 Å². The molecule has 25 heavy (non-hydrogen) atoms. The number of ether oxygens (including phenoxy) is 1. The van der Waals surface area contributed by atoms with E-state index in [9.17, 15) is 23.7 Å². The van der Waals surface area contributed by atoms with Gasteiger partial charge in [0.15, 0.2) is 0 Å². The molecule has 1 saturated heterocycles. The number of carbonyl (C=O) groups excluding carboxylic acids is 1. The first-order chi connectivity index (χ1) is 11.4. The summed E-state index contributed by atoms with van der Waals surface area (Å²) in [6.45, 7) is -2.21. The van der Waals surface area contributed by atoms with Crippen LogP contribution in [0.15, 0.2) is 18.2 Å². The van der Waals surface area contributed by atoms with Crippen molar-refractivity contribution in [1.82, 2.24) is 4.90 Å². The van der Waals surface area contributed by atoms with Crippen LogP contribution in [0.1, 0.15) is 23.2 Å². The van der Waals surface area contributed by atoms with E-state index in [4.69, 9.17) is 5.73 Å². The fourth-order valence-corrected chi connectivity index (χ4v) is 3.64. The van der Waals surface area contributed by atoms with Crippen molar-refractivity contribution in [3.63, 3.8) is 0 Å². The van der Waals surface area contributed by atoms with Gasteiger partial charge in [0.1, 0.15) is 5.75 Å². The van der Waals surface area contributed by atoms with Gasteiger partial charge < -0.3 is 15.4 Å². The third kappa shape index (κ3) is 3.82. The third-order valence-electron chi connectivity index (χ3n) is 4.82. The number of nitrogens with two attached hydrogens (primary N) is 1. The lowest BCUT2D eigenvalue weighted by atomic mass is 9.98. The van der Waals surface area contributed by atoms with Crippen molar-refractivity contribution in [2.45, 2.75) is 25.5 Å². The maximum atomic E-state index is 12.7. The number of amides is 1. The van der Waals surface area contributed by atoms with Gasteiger partial charge in [-0.1, -0.05) is 0 Å². The zero-order valence-corrected chi connectivity index (χ0v) is 14.0. The molecule has 7 nitrogen and oxygen atoms in total. The molecule has 3 unspecified atom stereocenters. The fourth-order valence-electron chi connectivity index (χ4n) is 3.64. The first kappa shape index (κ1) is 19.3. The lowest BCUT2D eigenvalue weighted by molar-refractivity contribution is -0.384. The first-order valence-electron chi connectivity index (χ1n) is 7.65. The molecular formula is C15H18ClF2N3O4. The molecule has 1 aromatic rings. The number of nitrogens with zero attached hydrogens (tertiary/aromatic N) is 2. The molecular weight excluding hydrogens is 360 g/mol. The van der Waals surface area contributed by atoms with E-state index in [1.165, 1.54) is 4.90 Å². The monoisotopic (exact) mass is 377 g/mol. The van der Waals surface area contributed by atoms with Crippen LogP contribution in [0.25, 0.3) is 0 Å². The quantitative estimate of drug-likeness (QED) is 0.641. The van der Waals surface area contributed by atoms with Crippen molar-refractivity contribution in [2.24, 2.45) is 17.6 Å². The molecule has 1 aliphatic carbocycles. The van der Waals surface area contributed by atoms with E-state index in [1.807, 2.05) is 0 Å². The fraction of sp³-hybridized carbons (Fsp3) is 0.533. The van der Waals surface area contributed by atoms with Gasteiger partial charge in [-0.05, 0) is 30.7 Å². The van der Waals surface area contributed by atoms with E-state index in [2.05, 4.69) is 4.74 Å². The zero-order chi connectivity index (χ0) is 17.4. The molecule has 3 rings (SSSR count). The Hall–Kier alpha value is -2.00. The number of non-ortho nitro benzene ring substituents is 1. The van der Waals surface area contributed by atoms with Gasteiger partial charge in [-0.3, -0.25) is 14.9 Å². The van der Waals surface area contributed by atoms with Crippen LogP contribution in [-0.2, 0) is 0 Å². The predicted molar refractivity (Wildman–Crippen MR) is 87.1 cm³/mol. The van der Waals surface area contributed by atoms with Crippen LogP contribution in [0.5, 0.6) is 5.75 Å². The Morgan fingerprint density at radius 1 is 1.36 bits per heavy atom. The maximum absolute atomic E-state index is 12.7. The number of hydrogen-bond donors (Lipinski definition) is 1. The Kier molecular flexibility index (Phi) is 5.79. The molecule has 1 aliphatic heterocycles. The number of alkyl halides is 2. The van der Waals surface area contributed by atoms with Crippen LogP contribution in [-0.4, -0.2) is 41.5 Å². The van der Waals surface area contributed by atoms with Crippen molar-refractivity contribution in [3.05, 3.63) is 33.9 Å². The number of benzene rings is 1. The summed E-state index contributed by atoms with van der Waals surface area (Å²) in [5.41, 5.74) is 5.45. The molecule has 2 aliphatic rings. The maximum Gasteiger partial charge on any atom is 0.387 e. The minimum absolute atomic E-state index is 0. The molecule has 0 aromatic heterocycles. The number of halogens is 3. The van der Waals surface area contributed by atoms with E-state index in [-0.39, 0.29) is 41.4 Å². The number of carbonyl (C=O) groups is 1. The van der Waals surface area contributed by atoms with Gasteiger partial charge in [-0.15, -0.1) is 12.4 Å². The molecule has 0 radical (unpaired) electrons. The highest BCUT2D eigenvalue weighted by Crippen LogP contribution is 2.38. The molecule has 2 N–H and O–H groups in total. The smallest absolute Gasteiger partial charge is 0.387 e. The number of nitro benzene ring substituents is 1. The normalized spacial score (nSPS) is 24.8. The molecule has 3 atom stereocenters. The summed E-state index contributed by atoms with van der Waals surface area (Å²) in [7, 11) is 0. The average Bonchev–Trinajstić information content (AvgIpc) is 3.09. The van der Waals surface area contributed by atoms with Gasteiger partial charge in [0, 0.05) is 31.3 Å². The standard InChI is InChI=1S/C15H17F2N3O4.ClH/c16-15(17)24-13-4-2-9(20(22)23)5-10(13)14(21)19-6-8-1-3-12(18)11(8)7-19;/h2,4-5,8,11-12,15H,1,3,6-7,18H2;1H. The molecule has 1 heterocycles. The summed E-state index contributed by atoms with van der Waals surface area (Å²) >= 11 is 0. The zero-order valence-electron chi connectivity index (χ0n) is 13.1. The van der Waals surface area contributed by atoms with Crippen molar-refractivity contribution >= 4 is 24.0 Å². The minimum Gasteiger partial charge on any atom is -0.434 e. The van der Waals surface area contributed by atoms with E-state index >= 15 is 0 Å². The van der Waals surface area contributed by atoms with Crippen LogP contribution in [0.3, 0.4) is 0 Å². The van der Waals surface area contributed by atoms with Gasteiger partial charge >= 0.3 is 6.61 Å². The predicted octanol–water partition coefficient (Wildman–Crippen LogP) is 2.43. The molecule has 2 fully saturated rings. The molecule has 0 bridgehead atoms. The molecule has 1 amide bonds. The summed E-state index contributed by atoms with van der Waals surface area (Å²) in [6, 6.07) is 3.06. The molecule has 1 saturated carbocycles. The van der Waals surface area contributed by atoms with Crippen LogP contribution in [0.2, 0.25) is 0 Å². The van der Waals surface area contributed by atoms with E-state index in [1.54, 1.807) is 0 Å². The largest absolute Gasteiger partial charge is 0.434 e. The van der Waals surface area contributed by atoms with Crippen molar-refractivity contribution in [2.75, 3.05) is 13.1 Å². The van der Waals surface area contributed by atoms with Crippen molar-refractivity contribution in [3.8, 4) is 5.75 Å². The average molecular weight is 378 g/mol. The summed E-state index contributed by atoms with van der Waals surface area (Å²) in [6.07, 6.45) is 1.83.